The molecule has 1 aliphatic rings. The van der Waals surface area contributed by atoms with Crippen molar-refractivity contribution in [3.63, 3.8) is 0 Å². The van der Waals surface area contributed by atoms with Gasteiger partial charge in [0.2, 0.25) is 23.5 Å². The minimum atomic E-state index is -1.14. The van der Waals surface area contributed by atoms with Crippen molar-refractivity contribution in [1.29, 1.82) is 0 Å². The second kappa shape index (κ2) is 14.1. The third kappa shape index (κ3) is 7.31. The van der Waals surface area contributed by atoms with Gasteiger partial charge in [0, 0.05) is 31.3 Å². The fourth-order valence-corrected chi connectivity index (χ4v) is 4.64. The number of hydrogen-bond donors (Lipinski definition) is 4. The van der Waals surface area contributed by atoms with Crippen LogP contribution in [0.5, 0.6) is 5.75 Å². The van der Waals surface area contributed by atoms with Gasteiger partial charge < -0.3 is 30.8 Å². The highest BCUT2D eigenvalue weighted by atomic mass is 19.1. The summed E-state index contributed by atoms with van der Waals surface area (Å²) in [6.45, 7) is 2.24. The summed E-state index contributed by atoms with van der Waals surface area (Å²) in [6, 6.07) is 0.259. The number of nitrogens with zero attached hydrogens (tertiary/aromatic N) is 1. The third-order valence-electron chi connectivity index (χ3n) is 6.85. The van der Waals surface area contributed by atoms with Crippen LogP contribution in [-0.4, -0.2) is 61.0 Å². The molecule has 0 saturated carbocycles. The van der Waals surface area contributed by atoms with Crippen LogP contribution in [0.1, 0.15) is 49.7 Å². The van der Waals surface area contributed by atoms with E-state index in [1.165, 1.54) is 11.8 Å². The Balaban J connectivity index is 1.50. The number of unbranched alkanes of at least 4 members (excludes halogenated alkanes) is 2. The molecule has 2 atom stereocenters. The monoisotopic (exact) mass is 567 g/mol. The number of likely N-dealkylation sites (tertiary alicyclic amines) is 1. The van der Waals surface area contributed by atoms with Crippen molar-refractivity contribution in [2.75, 3.05) is 26.2 Å². The molecule has 1 aliphatic heterocycles. The van der Waals surface area contributed by atoms with Crippen molar-refractivity contribution in [3.05, 3.63) is 39.2 Å². The Morgan fingerprint density at radius 1 is 1.20 bits per heavy atom. The van der Waals surface area contributed by atoms with Gasteiger partial charge in [-0.2, -0.15) is 4.39 Å². The van der Waals surface area contributed by atoms with Crippen molar-refractivity contribution in [2.24, 2.45) is 17.4 Å². The zero-order valence-electron chi connectivity index (χ0n) is 22.3. The summed E-state index contributed by atoms with van der Waals surface area (Å²) in [7, 11) is 0. The fourth-order valence-electron chi connectivity index (χ4n) is 4.64. The van der Waals surface area contributed by atoms with E-state index in [4.69, 9.17) is 31.4 Å². The molecule has 3 rings (SSSR count). The molecule has 0 bridgehead atoms. The Morgan fingerprint density at radius 3 is 2.62 bits per heavy atom. The number of aryl methyl sites for hydroxylation is 1. The molecule has 0 radical (unpaired) electrons. The molecular weight excluding hydrogens is 532 g/mol. The number of carbonyl (C=O) groups is 3. The number of rotatable bonds is 14. The minimum absolute atomic E-state index is 0.00747. The van der Waals surface area contributed by atoms with E-state index in [0.29, 0.717) is 25.7 Å². The second-order valence-corrected chi connectivity index (χ2v) is 9.66. The van der Waals surface area contributed by atoms with Crippen LogP contribution in [0.15, 0.2) is 15.3 Å². The van der Waals surface area contributed by atoms with Gasteiger partial charge in [0.1, 0.15) is 6.04 Å². The first-order chi connectivity index (χ1) is 19.1. The van der Waals surface area contributed by atoms with Gasteiger partial charge in [-0.1, -0.05) is 6.42 Å². The minimum Gasteiger partial charge on any atom is -0.487 e. The average Bonchev–Trinajstić information content (AvgIpc) is 3.36. The first-order valence-electron chi connectivity index (χ1n) is 13.1. The molecule has 2 aromatic rings. The molecule has 1 aromatic heterocycles. The van der Waals surface area contributed by atoms with Gasteiger partial charge in [0.05, 0.1) is 24.7 Å². The van der Waals surface area contributed by atoms with E-state index in [9.17, 15) is 28.0 Å². The summed E-state index contributed by atoms with van der Waals surface area (Å²) in [6.07, 6.45) is 1.74. The zero-order valence-corrected chi connectivity index (χ0v) is 22.3. The van der Waals surface area contributed by atoms with Crippen molar-refractivity contribution >= 4 is 28.7 Å². The van der Waals surface area contributed by atoms with Crippen LogP contribution in [0, 0.1) is 18.6 Å². The van der Waals surface area contributed by atoms with E-state index in [1.807, 2.05) is 0 Å². The van der Waals surface area contributed by atoms with E-state index in [0.717, 1.165) is 6.07 Å². The summed E-state index contributed by atoms with van der Waals surface area (Å²) in [5, 5.41) is 2.71. The average molecular weight is 568 g/mol. The fraction of sp³-hybridized carbons (Fsp3) is 0.538. The largest absolute Gasteiger partial charge is 0.487 e. The molecule has 40 heavy (non-hydrogen) atoms. The number of primary amides is 1. The molecule has 3 amide bonds. The lowest BCUT2D eigenvalue weighted by atomic mass is 10.0. The molecule has 0 unspecified atom stereocenters. The number of halogens is 2. The maximum absolute atomic E-state index is 14.8. The Labute approximate surface area is 229 Å². The number of amides is 3. The molecule has 1 saturated heterocycles. The van der Waals surface area contributed by atoms with Gasteiger partial charge >= 0.3 is 5.63 Å². The number of carbonyl (C=O) groups excluding carboxylic acids is 3. The van der Waals surface area contributed by atoms with E-state index < -0.39 is 52.6 Å². The number of fused-ring (bicyclic) bond motifs is 1. The van der Waals surface area contributed by atoms with Crippen molar-refractivity contribution in [1.82, 2.24) is 10.2 Å². The lowest BCUT2D eigenvalue weighted by molar-refractivity contribution is -0.137. The summed E-state index contributed by atoms with van der Waals surface area (Å²) in [5.41, 5.74) is 9.59. The molecule has 0 aliphatic carbocycles. The van der Waals surface area contributed by atoms with Crippen LogP contribution in [0.3, 0.4) is 0 Å². The first kappa shape index (κ1) is 30.9. The van der Waals surface area contributed by atoms with Gasteiger partial charge in [-0.05, 0) is 44.4 Å². The van der Waals surface area contributed by atoms with Crippen LogP contribution in [-0.2, 0) is 25.6 Å². The highest BCUT2D eigenvalue weighted by molar-refractivity contribution is 5.87. The van der Waals surface area contributed by atoms with E-state index in [1.54, 1.807) is 0 Å². The number of nitrogens with two attached hydrogens (primary N) is 3. The second-order valence-electron chi connectivity index (χ2n) is 9.66. The highest BCUT2D eigenvalue weighted by Crippen LogP contribution is 2.32. The van der Waals surface area contributed by atoms with Crippen molar-refractivity contribution in [2.45, 2.75) is 64.0 Å². The predicted octanol–water partition coefficient (Wildman–Crippen LogP) is 0.671. The standard InChI is InChI=1S/C26H35F2N5O7/c1-14-16-11-18(27)24(38-9-5-7-29)22(28)23(16)39-26(37)17(14)12-20(34)32-8-4-2-3-6-21(35)33-13-15(40-31)10-19(33)25(30)36/h11,15,19H,2-10,12-13,29,31H2,1H3,(H2,30,36)(H,32,34)/t15-,19-/m0/s1. The van der Waals surface area contributed by atoms with Crippen LogP contribution >= 0.6 is 0 Å². The Morgan fingerprint density at radius 2 is 1.95 bits per heavy atom. The highest BCUT2D eigenvalue weighted by Gasteiger charge is 2.38. The Bertz CT molecular complexity index is 1300. The molecule has 7 N–H and O–H groups in total. The van der Waals surface area contributed by atoms with Gasteiger partial charge in [0.15, 0.2) is 17.1 Å². The quantitative estimate of drug-likeness (QED) is 0.144. The molecular formula is C26H35F2N5O7. The van der Waals surface area contributed by atoms with Crippen LogP contribution in [0.25, 0.3) is 11.0 Å². The molecule has 14 heteroatoms. The van der Waals surface area contributed by atoms with E-state index in [2.05, 4.69) is 5.32 Å². The Hall–Kier alpha value is -3.62. The van der Waals surface area contributed by atoms with Crippen LogP contribution in [0.4, 0.5) is 8.78 Å². The van der Waals surface area contributed by atoms with Gasteiger partial charge in [-0.3, -0.25) is 19.2 Å². The first-order valence-corrected chi connectivity index (χ1v) is 13.1. The summed E-state index contributed by atoms with van der Waals surface area (Å²) in [4.78, 5) is 55.3. The SMILES string of the molecule is Cc1c(CC(=O)NCCCCCC(=O)N2C[C@@H](ON)C[C@H]2C(N)=O)c(=O)oc2c(F)c(OCCCN)c(F)cc12. The zero-order chi connectivity index (χ0) is 29.4. The number of benzene rings is 1. The Kier molecular flexibility index (Phi) is 10.9. The summed E-state index contributed by atoms with van der Waals surface area (Å²) >= 11 is 0. The smallest absolute Gasteiger partial charge is 0.340 e. The molecule has 2 heterocycles. The normalized spacial score (nSPS) is 16.9. The summed E-state index contributed by atoms with van der Waals surface area (Å²) < 4.78 is 39.6. The number of nitrogens with one attached hydrogen (secondary N) is 1. The lowest BCUT2D eigenvalue weighted by Gasteiger charge is -2.21. The molecule has 1 aromatic carbocycles. The topological polar surface area (TPSA) is 193 Å². The van der Waals surface area contributed by atoms with E-state index >= 15 is 0 Å². The number of ether oxygens (including phenoxy) is 1. The van der Waals surface area contributed by atoms with Gasteiger partial charge in [0.25, 0.3) is 0 Å². The van der Waals surface area contributed by atoms with Crippen molar-refractivity contribution in [3.8, 4) is 5.75 Å². The van der Waals surface area contributed by atoms with E-state index in [-0.39, 0.29) is 67.9 Å². The van der Waals surface area contributed by atoms with Crippen LogP contribution in [0.2, 0.25) is 0 Å². The molecule has 220 valence electrons. The third-order valence-corrected chi connectivity index (χ3v) is 6.85. The lowest BCUT2D eigenvalue weighted by Crippen LogP contribution is -2.43. The molecule has 1 fully saturated rings. The van der Waals surface area contributed by atoms with Gasteiger partial charge in [-0.25, -0.2) is 15.1 Å². The molecule has 12 nitrogen and oxygen atoms in total. The summed E-state index contributed by atoms with van der Waals surface area (Å²) in [5.74, 6) is 1.11. The number of hydrogen-bond acceptors (Lipinski definition) is 9. The maximum Gasteiger partial charge on any atom is 0.340 e. The predicted molar refractivity (Wildman–Crippen MR) is 140 cm³/mol. The van der Waals surface area contributed by atoms with Crippen molar-refractivity contribution < 1.29 is 37.2 Å². The van der Waals surface area contributed by atoms with Crippen LogP contribution < -0.4 is 33.0 Å². The van der Waals surface area contributed by atoms with Gasteiger partial charge in [-0.15, -0.1) is 0 Å². The molecule has 0 spiro atoms. The maximum atomic E-state index is 14.8.